The zero-order chi connectivity index (χ0) is 57.8. The molecule has 0 rings (SSSR count). The fourth-order valence-electron chi connectivity index (χ4n) is 8.90. The maximum absolute atomic E-state index is 12.9. The summed E-state index contributed by atoms with van der Waals surface area (Å²) in [7, 11) is 0. The lowest BCUT2D eigenvalue weighted by atomic mass is 10.1. The summed E-state index contributed by atoms with van der Waals surface area (Å²) in [6.45, 7) is 6.44. The van der Waals surface area contributed by atoms with Gasteiger partial charge in [0.2, 0.25) is 0 Å². The molecule has 0 saturated heterocycles. The number of unbranched alkanes of at least 4 members (excludes halogenated alkanes) is 26. The molecule has 6 heteroatoms. The number of rotatable bonds is 59. The van der Waals surface area contributed by atoms with Gasteiger partial charge in [-0.05, 0) is 135 Å². The zero-order valence-electron chi connectivity index (χ0n) is 52.0. The van der Waals surface area contributed by atoms with Crippen LogP contribution in [0.25, 0.3) is 0 Å². The predicted molar refractivity (Wildman–Crippen MR) is 348 cm³/mol. The number of allylic oxidation sites excluding steroid dienone is 22. The van der Waals surface area contributed by atoms with Gasteiger partial charge in [-0.25, -0.2) is 0 Å². The van der Waals surface area contributed by atoms with Gasteiger partial charge >= 0.3 is 17.9 Å². The average molecular weight is 1110 g/mol. The molecule has 454 valence electrons. The van der Waals surface area contributed by atoms with Gasteiger partial charge in [0, 0.05) is 19.3 Å². The van der Waals surface area contributed by atoms with Gasteiger partial charge in [-0.15, -0.1) is 0 Å². The van der Waals surface area contributed by atoms with Crippen molar-refractivity contribution in [3.8, 4) is 0 Å². The molecule has 0 saturated carbocycles. The van der Waals surface area contributed by atoms with Crippen LogP contribution >= 0.6 is 0 Å². The van der Waals surface area contributed by atoms with Gasteiger partial charge in [0.15, 0.2) is 6.10 Å². The third-order valence-electron chi connectivity index (χ3n) is 13.8. The van der Waals surface area contributed by atoms with Crippen molar-refractivity contribution in [3.63, 3.8) is 0 Å². The first-order valence-corrected chi connectivity index (χ1v) is 33.2. The Morgan fingerprint density at radius 2 is 0.512 bits per heavy atom. The van der Waals surface area contributed by atoms with Crippen LogP contribution in [0.2, 0.25) is 0 Å². The third-order valence-corrected chi connectivity index (χ3v) is 13.8. The van der Waals surface area contributed by atoms with Crippen molar-refractivity contribution >= 4 is 17.9 Å². The van der Waals surface area contributed by atoms with Crippen LogP contribution in [0.1, 0.15) is 297 Å². The second-order valence-electron chi connectivity index (χ2n) is 21.6. The maximum atomic E-state index is 12.9. The Bertz CT molecular complexity index is 1700. The molecule has 0 aliphatic rings. The highest BCUT2D eigenvalue weighted by Crippen LogP contribution is 2.15. The lowest BCUT2D eigenvalue weighted by Gasteiger charge is -2.18. The molecule has 0 spiro atoms. The molecule has 0 heterocycles. The number of carbonyl (C=O) groups is 3. The summed E-state index contributed by atoms with van der Waals surface area (Å²) in [6, 6.07) is 0. The Kier molecular flexibility index (Phi) is 63.3. The Balaban J connectivity index is 4.22. The fourth-order valence-corrected chi connectivity index (χ4v) is 8.90. The first-order valence-electron chi connectivity index (χ1n) is 33.2. The van der Waals surface area contributed by atoms with E-state index in [4.69, 9.17) is 14.2 Å². The van der Waals surface area contributed by atoms with E-state index < -0.39 is 6.10 Å². The number of hydrogen-bond acceptors (Lipinski definition) is 6. The van der Waals surface area contributed by atoms with Gasteiger partial charge in [0.1, 0.15) is 13.2 Å². The number of hydrogen-bond donors (Lipinski definition) is 0. The smallest absolute Gasteiger partial charge is 0.306 e. The van der Waals surface area contributed by atoms with E-state index in [2.05, 4.69) is 154 Å². The molecular weight excluding hydrogens is 985 g/mol. The van der Waals surface area contributed by atoms with Gasteiger partial charge in [0.05, 0.1) is 0 Å². The van der Waals surface area contributed by atoms with Crippen LogP contribution in [0.15, 0.2) is 134 Å². The lowest BCUT2D eigenvalue weighted by molar-refractivity contribution is -0.167. The van der Waals surface area contributed by atoms with Gasteiger partial charge in [-0.1, -0.05) is 276 Å². The molecule has 0 radical (unpaired) electrons. The molecule has 0 aromatic rings. The van der Waals surface area contributed by atoms with Crippen LogP contribution in [0.4, 0.5) is 0 Å². The monoisotopic (exact) mass is 1110 g/mol. The zero-order valence-corrected chi connectivity index (χ0v) is 52.0. The van der Waals surface area contributed by atoms with Crippen molar-refractivity contribution in [2.75, 3.05) is 13.2 Å². The number of ether oxygens (including phenoxy) is 3. The minimum Gasteiger partial charge on any atom is -0.462 e. The van der Waals surface area contributed by atoms with Crippen molar-refractivity contribution in [2.45, 2.75) is 303 Å². The molecule has 1 unspecified atom stereocenters. The highest BCUT2D eigenvalue weighted by molar-refractivity contribution is 5.71. The highest BCUT2D eigenvalue weighted by atomic mass is 16.6. The first kappa shape index (κ1) is 75.5. The molecule has 0 amide bonds. The minimum atomic E-state index is -0.793. The van der Waals surface area contributed by atoms with Crippen molar-refractivity contribution in [1.82, 2.24) is 0 Å². The van der Waals surface area contributed by atoms with Crippen molar-refractivity contribution in [3.05, 3.63) is 134 Å². The number of esters is 3. The highest BCUT2D eigenvalue weighted by Gasteiger charge is 2.19. The second-order valence-corrected chi connectivity index (χ2v) is 21.6. The molecule has 0 aliphatic carbocycles. The van der Waals surface area contributed by atoms with Gasteiger partial charge < -0.3 is 14.2 Å². The molecule has 1 atom stereocenters. The Hall–Kier alpha value is -4.45. The third kappa shape index (κ3) is 64.4. The van der Waals surface area contributed by atoms with Crippen molar-refractivity contribution in [1.29, 1.82) is 0 Å². The first-order chi connectivity index (χ1) is 39.5. The standard InChI is InChI=1S/C74H122O6/c1-4-7-10-13-16-19-22-25-27-28-29-30-31-32-33-34-35-36-37-38-39-40-41-42-43-44-45-46-47-50-52-55-58-61-64-67-73(76)79-70-71(69-78-72(75)66-63-60-57-54-51-48-24-21-18-15-12-9-6-3)80-74(77)68-65-62-59-56-53-49-26-23-20-17-14-11-8-5-2/h7,10,12,15-16,19,21,23-27,29-30,32-33,35-36,38-39,41-42,71H,4-6,8-9,11,13-14,17-18,20,22,28,31,34,37,40,43-70H2,1-3H3/b10-7-,15-12-,19-16-,24-21-,26-23-,27-25-,30-29-,33-32-,36-35-,39-38-,42-41-. The average Bonchev–Trinajstić information content (AvgIpc) is 3.46. The van der Waals surface area contributed by atoms with E-state index in [0.717, 1.165) is 161 Å². The quantitative estimate of drug-likeness (QED) is 0.0261. The van der Waals surface area contributed by atoms with Crippen LogP contribution in [-0.2, 0) is 28.6 Å². The van der Waals surface area contributed by atoms with Gasteiger partial charge in [-0.2, -0.15) is 0 Å². The molecular formula is C74H122O6. The van der Waals surface area contributed by atoms with Crippen molar-refractivity contribution in [2.24, 2.45) is 0 Å². The van der Waals surface area contributed by atoms with E-state index in [1.165, 1.54) is 96.3 Å². The SMILES string of the molecule is CC/C=C\C/C=C\C/C=C\C/C=C\C/C=C\C/C=C\C/C=C\C/C=C\CCCCCCCCCCCCC(=O)OCC(COC(=O)CCCCCCC/C=C\C/C=C\CCC)OC(=O)CCCCCCC/C=C\CCCCCCC. The van der Waals surface area contributed by atoms with E-state index in [9.17, 15) is 14.4 Å². The summed E-state index contributed by atoms with van der Waals surface area (Å²) in [5.41, 5.74) is 0. The van der Waals surface area contributed by atoms with E-state index in [0.29, 0.717) is 19.3 Å². The summed E-state index contributed by atoms with van der Waals surface area (Å²) < 4.78 is 16.9. The largest absolute Gasteiger partial charge is 0.462 e. The topological polar surface area (TPSA) is 78.9 Å². The molecule has 0 aliphatic heterocycles. The Morgan fingerprint density at radius 1 is 0.263 bits per heavy atom. The minimum absolute atomic E-state index is 0.0898. The maximum Gasteiger partial charge on any atom is 0.306 e. The van der Waals surface area contributed by atoms with E-state index >= 15 is 0 Å². The number of carbonyl (C=O) groups excluding carboxylic acids is 3. The van der Waals surface area contributed by atoms with Gasteiger partial charge in [0.25, 0.3) is 0 Å². The van der Waals surface area contributed by atoms with E-state index in [-0.39, 0.29) is 31.1 Å². The lowest BCUT2D eigenvalue weighted by Crippen LogP contribution is -2.30. The summed E-state index contributed by atoms with van der Waals surface area (Å²) in [5.74, 6) is -0.914. The molecule has 0 bridgehead atoms. The summed E-state index contributed by atoms with van der Waals surface area (Å²) in [6.07, 6.45) is 94.7. The van der Waals surface area contributed by atoms with Crippen LogP contribution in [0.3, 0.4) is 0 Å². The Labute approximate surface area is 494 Å². The van der Waals surface area contributed by atoms with Gasteiger partial charge in [-0.3, -0.25) is 14.4 Å². The van der Waals surface area contributed by atoms with E-state index in [1.54, 1.807) is 0 Å². The molecule has 6 nitrogen and oxygen atoms in total. The molecule has 0 aromatic carbocycles. The molecule has 0 N–H and O–H groups in total. The summed E-state index contributed by atoms with van der Waals surface area (Å²) in [4.78, 5) is 38.3. The normalized spacial score (nSPS) is 13.0. The van der Waals surface area contributed by atoms with Crippen LogP contribution in [0.5, 0.6) is 0 Å². The summed E-state index contributed by atoms with van der Waals surface area (Å²) in [5, 5.41) is 0. The molecule has 0 fully saturated rings. The summed E-state index contributed by atoms with van der Waals surface area (Å²) >= 11 is 0. The van der Waals surface area contributed by atoms with Crippen LogP contribution < -0.4 is 0 Å². The molecule has 0 aromatic heterocycles. The van der Waals surface area contributed by atoms with Crippen LogP contribution in [-0.4, -0.2) is 37.2 Å². The second kappa shape index (κ2) is 67.1. The van der Waals surface area contributed by atoms with Crippen LogP contribution in [0, 0.1) is 0 Å². The van der Waals surface area contributed by atoms with E-state index in [1.807, 2.05) is 0 Å². The fraction of sp³-hybridized carbons (Fsp3) is 0.662. The Morgan fingerprint density at radius 3 is 0.825 bits per heavy atom. The molecule has 80 heavy (non-hydrogen) atoms. The predicted octanol–water partition coefficient (Wildman–Crippen LogP) is 22.9. The van der Waals surface area contributed by atoms with Crippen molar-refractivity contribution < 1.29 is 28.6 Å².